The largest absolute Gasteiger partial charge is 0.484 e. The van der Waals surface area contributed by atoms with Gasteiger partial charge in [0, 0.05) is 9.99 Å². The first-order valence-electron chi connectivity index (χ1n) is 8.03. The summed E-state index contributed by atoms with van der Waals surface area (Å²) in [5.74, 6) is -0.000386. The number of carbonyl (C=O) groups excluding carboxylic acids is 2. The zero-order valence-corrected chi connectivity index (χ0v) is 16.6. The van der Waals surface area contributed by atoms with Crippen LogP contribution in [0.25, 0.3) is 0 Å². The molecule has 144 valence electrons. The van der Waals surface area contributed by atoms with Gasteiger partial charge in [-0.15, -0.1) is 0 Å². The molecule has 0 unspecified atom stereocenters. The Balaban J connectivity index is 1.92. The van der Waals surface area contributed by atoms with E-state index in [-0.39, 0.29) is 18.1 Å². The van der Waals surface area contributed by atoms with Crippen molar-refractivity contribution in [3.05, 3.63) is 57.2 Å². The number of nitrogens with one attached hydrogen (secondary N) is 1. The van der Waals surface area contributed by atoms with Crippen LogP contribution < -0.4 is 10.1 Å². The van der Waals surface area contributed by atoms with Gasteiger partial charge in [-0.2, -0.15) is 13.2 Å². The molecular formula is C19H17F3INO3. The van der Waals surface area contributed by atoms with Gasteiger partial charge in [-0.05, 0) is 71.8 Å². The van der Waals surface area contributed by atoms with Crippen molar-refractivity contribution in [3.8, 4) is 5.75 Å². The molecule has 0 spiro atoms. The van der Waals surface area contributed by atoms with Gasteiger partial charge < -0.3 is 14.8 Å². The van der Waals surface area contributed by atoms with E-state index in [2.05, 4.69) is 5.32 Å². The van der Waals surface area contributed by atoms with Crippen molar-refractivity contribution in [1.82, 2.24) is 0 Å². The van der Waals surface area contributed by atoms with E-state index < -0.39 is 17.6 Å². The fourth-order valence-electron chi connectivity index (χ4n) is 2.21. The number of rotatable bonds is 7. The SMILES string of the molecule is CC(=O)CCc1ccc(OCC(=O)Nc2cc(C(F)(F)F)ccc2I)cc1. The third kappa shape index (κ3) is 6.85. The van der Waals surface area contributed by atoms with Gasteiger partial charge in [-0.3, -0.25) is 4.79 Å². The summed E-state index contributed by atoms with van der Waals surface area (Å²) >= 11 is 1.85. The Morgan fingerprint density at radius 1 is 1.11 bits per heavy atom. The normalized spacial score (nSPS) is 11.1. The third-order valence-electron chi connectivity index (χ3n) is 3.63. The highest BCUT2D eigenvalue weighted by Crippen LogP contribution is 2.32. The molecule has 0 saturated heterocycles. The van der Waals surface area contributed by atoms with E-state index in [0.717, 1.165) is 17.7 Å². The quantitative estimate of drug-likeness (QED) is 0.564. The van der Waals surface area contributed by atoms with Gasteiger partial charge in [0.15, 0.2) is 6.61 Å². The molecule has 0 aliphatic rings. The van der Waals surface area contributed by atoms with Crippen LogP contribution >= 0.6 is 22.6 Å². The summed E-state index contributed by atoms with van der Waals surface area (Å²) in [4.78, 5) is 23.0. The van der Waals surface area contributed by atoms with E-state index in [1.807, 2.05) is 22.6 Å². The van der Waals surface area contributed by atoms with E-state index in [1.54, 1.807) is 24.3 Å². The van der Waals surface area contributed by atoms with Gasteiger partial charge in [0.1, 0.15) is 11.5 Å². The highest BCUT2D eigenvalue weighted by atomic mass is 127. The molecule has 27 heavy (non-hydrogen) atoms. The van der Waals surface area contributed by atoms with Crippen LogP contribution in [-0.4, -0.2) is 18.3 Å². The van der Waals surface area contributed by atoms with E-state index in [0.29, 0.717) is 22.2 Å². The first kappa shape index (κ1) is 21.2. The molecule has 0 fully saturated rings. The number of anilines is 1. The molecule has 2 aromatic carbocycles. The van der Waals surface area contributed by atoms with Crippen LogP contribution in [0.1, 0.15) is 24.5 Å². The van der Waals surface area contributed by atoms with E-state index in [4.69, 9.17) is 4.74 Å². The topological polar surface area (TPSA) is 55.4 Å². The molecule has 1 N–H and O–H groups in total. The molecule has 0 bridgehead atoms. The standard InChI is InChI=1S/C19H17F3INO3/c1-12(25)2-3-13-4-7-15(8-5-13)27-11-18(26)24-17-10-14(19(20,21)22)6-9-16(17)23/h4-10H,2-3,11H2,1H3,(H,24,26). The van der Waals surface area contributed by atoms with Crippen LogP contribution in [-0.2, 0) is 22.2 Å². The summed E-state index contributed by atoms with van der Waals surface area (Å²) in [5, 5.41) is 2.43. The van der Waals surface area contributed by atoms with Crippen molar-refractivity contribution in [2.45, 2.75) is 25.9 Å². The average Bonchev–Trinajstić information content (AvgIpc) is 2.60. The zero-order valence-electron chi connectivity index (χ0n) is 14.4. The fraction of sp³-hybridized carbons (Fsp3) is 0.263. The van der Waals surface area contributed by atoms with Gasteiger partial charge in [-0.25, -0.2) is 0 Å². The van der Waals surface area contributed by atoms with E-state index in [9.17, 15) is 22.8 Å². The number of ether oxygens (including phenoxy) is 1. The molecular weight excluding hydrogens is 474 g/mol. The number of halogens is 4. The van der Waals surface area contributed by atoms with Crippen LogP contribution in [0.4, 0.5) is 18.9 Å². The molecule has 2 rings (SSSR count). The Hall–Kier alpha value is -2.10. The van der Waals surface area contributed by atoms with E-state index in [1.165, 1.54) is 13.0 Å². The second-order valence-corrected chi connectivity index (χ2v) is 7.04. The minimum atomic E-state index is -4.48. The number of Topliss-reactive ketones (excluding diaryl/α,β-unsaturated/α-hetero) is 1. The Morgan fingerprint density at radius 2 is 1.78 bits per heavy atom. The number of ketones is 1. The van der Waals surface area contributed by atoms with Crippen molar-refractivity contribution < 1.29 is 27.5 Å². The molecule has 0 saturated carbocycles. The maximum Gasteiger partial charge on any atom is 0.416 e. The maximum absolute atomic E-state index is 12.8. The summed E-state index contributed by atoms with van der Waals surface area (Å²) in [6.45, 7) is 1.20. The number of benzene rings is 2. The van der Waals surface area contributed by atoms with Gasteiger partial charge in [0.05, 0.1) is 11.3 Å². The van der Waals surface area contributed by atoms with Crippen molar-refractivity contribution >= 4 is 40.0 Å². The van der Waals surface area contributed by atoms with Crippen LogP contribution in [0.15, 0.2) is 42.5 Å². The van der Waals surface area contributed by atoms with E-state index >= 15 is 0 Å². The summed E-state index contributed by atoms with van der Waals surface area (Å²) < 4.78 is 44.2. The molecule has 8 heteroatoms. The van der Waals surface area contributed by atoms with Crippen molar-refractivity contribution in [2.75, 3.05) is 11.9 Å². The minimum Gasteiger partial charge on any atom is -0.484 e. The number of alkyl halides is 3. The minimum absolute atomic E-state index is 0.0820. The van der Waals surface area contributed by atoms with Gasteiger partial charge in [-0.1, -0.05) is 12.1 Å². The molecule has 0 heterocycles. The Bertz CT molecular complexity index is 820. The lowest BCUT2D eigenvalue weighted by atomic mass is 10.1. The number of amides is 1. The smallest absolute Gasteiger partial charge is 0.416 e. The van der Waals surface area contributed by atoms with Crippen molar-refractivity contribution in [3.63, 3.8) is 0 Å². The monoisotopic (exact) mass is 491 g/mol. The summed E-state index contributed by atoms with van der Waals surface area (Å²) in [6, 6.07) is 10.1. The van der Waals surface area contributed by atoms with Gasteiger partial charge >= 0.3 is 6.18 Å². The fourth-order valence-corrected chi connectivity index (χ4v) is 2.68. The summed E-state index contributed by atoms with van der Waals surface area (Å²) in [7, 11) is 0. The molecule has 4 nitrogen and oxygen atoms in total. The Labute approximate surface area is 168 Å². The lowest BCUT2D eigenvalue weighted by Gasteiger charge is -2.12. The van der Waals surface area contributed by atoms with Gasteiger partial charge in [0.25, 0.3) is 5.91 Å². The second-order valence-electron chi connectivity index (χ2n) is 5.88. The molecule has 2 aromatic rings. The van der Waals surface area contributed by atoms with Crippen molar-refractivity contribution in [1.29, 1.82) is 0 Å². The molecule has 0 atom stereocenters. The Morgan fingerprint density at radius 3 is 2.37 bits per heavy atom. The van der Waals surface area contributed by atoms with Crippen LogP contribution in [0.5, 0.6) is 5.75 Å². The molecule has 0 aromatic heterocycles. The maximum atomic E-state index is 12.8. The number of hydrogen-bond acceptors (Lipinski definition) is 3. The van der Waals surface area contributed by atoms with Crippen LogP contribution in [0, 0.1) is 3.57 Å². The number of hydrogen-bond donors (Lipinski definition) is 1. The lowest BCUT2D eigenvalue weighted by Crippen LogP contribution is -2.21. The highest BCUT2D eigenvalue weighted by Gasteiger charge is 2.31. The first-order valence-corrected chi connectivity index (χ1v) is 9.11. The molecule has 0 aliphatic carbocycles. The predicted octanol–water partition coefficient (Wildman–Crippen LogP) is 4.85. The molecule has 0 radical (unpaired) electrons. The number of aryl methyl sites for hydroxylation is 1. The summed E-state index contributed by atoms with van der Waals surface area (Å²) in [5.41, 5.74) is 0.222. The Kier molecular flexibility index (Phi) is 7.23. The first-order chi connectivity index (χ1) is 12.6. The molecule has 1 amide bonds. The summed E-state index contributed by atoms with van der Waals surface area (Å²) in [6.07, 6.45) is -3.40. The zero-order chi connectivity index (χ0) is 20.0. The number of carbonyl (C=O) groups is 2. The van der Waals surface area contributed by atoms with Crippen LogP contribution in [0.2, 0.25) is 0 Å². The highest BCUT2D eigenvalue weighted by molar-refractivity contribution is 14.1. The third-order valence-corrected chi connectivity index (χ3v) is 4.57. The second kappa shape index (κ2) is 9.20. The molecule has 0 aliphatic heterocycles. The lowest BCUT2D eigenvalue weighted by molar-refractivity contribution is -0.137. The predicted molar refractivity (Wildman–Crippen MR) is 104 cm³/mol. The van der Waals surface area contributed by atoms with Crippen LogP contribution in [0.3, 0.4) is 0 Å². The van der Waals surface area contributed by atoms with Gasteiger partial charge in [0.2, 0.25) is 0 Å². The average molecular weight is 491 g/mol. The van der Waals surface area contributed by atoms with Crippen molar-refractivity contribution in [2.24, 2.45) is 0 Å².